The SMILES string of the molecule is COc1ccc(C(=O)N[C@@H](OC[C@@H]2CCCN3CCCC[C@H]23)C(Cl)(Cl)Cl)cc1. The van der Waals surface area contributed by atoms with E-state index in [0.717, 1.165) is 25.9 Å². The monoisotopic (exact) mass is 448 g/mol. The van der Waals surface area contributed by atoms with Crippen LogP contribution < -0.4 is 10.1 Å². The number of alkyl halides is 3. The number of piperidine rings is 2. The second kappa shape index (κ2) is 9.86. The third kappa shape index (κ3) is 5.67. The van der Waals surface area contributed by atoms with E-state index < -0.39 is 10.0 Å². The van der Waals surface area contributed by atoms with Gasteiger partial charge in [-0.1, -0.05) is 41.2 Å². The van der Waals surface area contributed by atoms with Crippen LogP contribution in [0.25, 0.3) is 0 Å². The fraction of sp³-hybridized carbons (Fsp3) is 0.650. The quantitative estimate of drug-likeness (QED) is 0.516. The summed E-state index contributed by atoms with van der Waals surface area (Å²) in [5.41, 5.74) is 0.444. The highest BCUT2D eigenvalue weighted by Gasteiger charge is 2.38. The van der Waals surface area contributed by atoms with Gasteiger partial charge in [0.15, 0.2) is 6.23 Å². The summed E-state index contributed by atoms with van der Waals surface area (Å²) < 4.78 is 9.30. The molecule has 1 aromatic carbocycles. The third-order valence-corrected chi connectivity index (χ3v) is 6.21. The van der Waals surface area contributed by atoms with Crippen molar-refractivity contribution in [1.29, 1.82) is 0 Å². The van der Waals surface area contributed by atoms with Gasteiger partial charge in [-0.2, -0.15) is 0 Å². The Bertz CT molecular complexity index is 649. The minimum atomic E-state index is -1.76. The van der Waals surface area contributed by atoms with Gasteiger partial charge >= 0.3 is 0 Å². The molecule has 2 aliphatic heterocycles. The summed E-state index contributed by atoms with van der Waals surface area (Å²) in [6.45, 7) is 2.77. The van der Waals surface area contributed by atoms with Crippen molar-refractivity contribution >= 4 is 40.7 Å². The second-order valence-electron chi connectivity index (χ2n) is 7.46. The number of carbonyl (C=O) groups excluding carboxylic acids is 1. The summed E-state index contributed by atoms with van der Waals surface area (Å²) in [4.78, 5) is 15.1. The molecule has 1 N–H and O–H groups in total. The smallest absolute Gasteiger partial charge is 0.253 e. The van der Waals surface area contributed by atoms with Crippen LogP contribution in [0.2, 0.25) is 0 Å². The summed E-state index contributed by atoms with van der Waals surface area (Å²) in [5.74, 6) is 0.698. The van der Waals surface area contributed by atoms with Crippen molar-refractivity contribution in [3.8, 4) is 5.75 Å². The first-order valence-corrected chi connectivity index (χ1v) is 10.9. The zero-order valence-corrected chi connectivity index (χ0v) is 18.3. The maximum atomic E-state index is 12.6. The highest BCUT2D eigenvalue weighted by atomic mass is 35.6. The van der Waals surface area contributed by atoms with E-state index in [1.54, 1.807) is 31.4 Å². The predicted molar refractivity (Wildman–Crippen MR) is 112 cm³/mol. The third-order valence-electron chi connectivity index (χ3n) is 5.62. The van der Waals surface area contributed by atoms with Gasteiger partial charge in [-0.15, -0.1) is 0 Å². The van der Waals surface area contributed by atoms with E-state index in [4.69, 9.17) is 44.3 Å². The molecule has 0 aliphatic carbocycles. The lowest BCUT2D eigenvalue weighted by Gasteiger charge is -2.44. The summed E-state index contributed by atoms with van der Waals surface area (Å²) in [6.07, 6.45) is 4.93. The Hall–Kier alpha value is -0.720. The molecule has 2 heterocycles. The maximum absolute atomic E-state index is 12.6. The number of nitrogens with one attached hydrogen (secondary N) is 1. The lowest BCUT2D eigenvalue weighted by Crippen LogP contribution is -2.51. The largest absolute Gasteiger partial charge is 0.497 e. The van der Waals surface area contributed by atoms with Crippen LogP contribution in [-0.2, 0) is 4.74 Å². The van der Waals surface area contributed by atoms with Crippen LogP contribution in [0, 0.1) is 5.92 Å². The molecule has 0 spiro atoms. The molecule has 28 heavy (non-hydrogen) atoms. The molecule has 3 rings (SSSR count). The first kappa shape index (κ1) is 22.0. The molecule has 2 fully saturated rings. The molecule has 0 unspecified atom stereocenters. The lowest BCUT2D eigenvalue weighted by atomic mass is 9.84. The fourth-order valence-corrected chi connectivity index (χ4v) is 4.51. The van der Waals surface area contributed by atoms with Crippen molar-refractivity contribution < 1.29 is 14.3 Å². The van der Waals surface area contributed by atoms with Crippen molar-refractivity contribution in [2.45, 2.75) is 48.2 Å². The van der Waals surface area contributed by atoms with Crippen molar-refractivity contribution in [3.63, 3.8) is 0 Å². The van der Waals surface area contributed by atoms with Crippen LogP contribution in [-0.4, -0.2) is 53.7 Å². The van der Waals surface area contributed by atoms with Crippen molar-refractivity contribution in [2.75, 3.05) is 26.8 Å². The number of carbonyl (C=O) groups is 1. The first-order chi connectivity index (χ1) is 13.4. The Morgan fingerprint density at radius 1 is 1.18 bits per heavy atom. The van der Waals surface area contributed by atoms with Gasteiger partial charge in [0.1, 0.15) is 5.75 Å². The summed E-state index contributed by atoms with van der Waals surface area (Å²) in [7, 11) is 1.57. The first-order valence-electron chi connectivity index (χ1n) is 9.76. The zero-order valence-electron chi connectivity index (χ0n) is 16.0. The van der Waals surface area contributed by atoms with E-state index >= 15 is 0 Å². The minimum Gasteiger partial charge on any atom is -0.497 e. The minimum absolute atomic E-state index is 0.359. The van der Waals surface area contributed by atoms with Crippen LogP contribution in [0.3, 0.4) is 0 Å². The molecule has 0 aromatic heterocycles. The van der Waals surface area contributed by atoms with Crippen LogP contribution >= 0.6 is 34.8 Å². The van der Waals surface area contributed by atoms with Crippen molar-refractivity contribution in [1.82, 2.24) is 10.2 Å². The number of hydrogen-bond donors (Lipinski definition) is 1. The molecule has 0 saturated carbocycles. The Labute approximate surface area is 181 Å². The Balaban J connectivity index is 1.61. The molecule has 2 saturated heterocycles. The highest BCUT2D eigenvalue weighted by molar-refractivity contribution is 6.68. The lowest BCUT2D eigenvalue weighted by molar-refractivity contribution is -0.0325. The summed E-state index contributed by atoms with van der Waals surface area (Å²) in [5, 5.41) is 2.71. The number of fused-ring (bicyclic) bond motifs is 1. The van der Waals surface area contributed by atoms with Crippen LogP contribution in [0.5, 0.6) is 5.75 Å². The average molecular weight is 450 g/mol. The van der Waals surface area contributed by atoms with Gasteiger partial charge < -0.3 is 19.7 Å². The molecular weight excluding hydrogens is 423 g/mol. The second-order valence-corrected chi connectivity index (χ2v) is 9.83. The number of hydrogen-bond acceptors (Lipinski definition) is 4. The number of ether oxygens (including phenoxy) is 2. The van der Waals surface area contributed by atoms with Crippen LogP contribution in [0.1, 0.15) is 42.5 Å². The van der Waals surface area contributed by atoms with Gasteiger partial charge in [0.25, 0.3) is 5.91 Å². The molecule has 3 atom stereocenters. The average Bonchev–Trinajstić information content (AvgIpc) is 2.70. The Morgan fingerprint density at radius 2 is 1.89 bits per heavy atom. The van der Waals surface area contributed by atoms with Gasteiger partial charge in [-0.25, -0.2) is 0 Å². The van der Waals surface area contributed by atoms with Gasteiger partial charge in [0.2, 0.25) is 3.79 Å². The predicted octanol–water partition coefficient (Wildman–Crippen LogP) is 4.40. The number of halogens is 3. The maximum Gasteiger partial charge on any atom is 0.253 e. The molecule has 0 bridgehead atoms. The number of rotatable bonds is 6. The molecule has 1 aromatic rings. The topological polar surface area (TPSA) is 50.8 Å². The van der Waals surface area contributed by atoms with E-state index in [2.05, 4.69) is 10.2 Å². The van der Waals surface area contributed by atoms with Gasteiger partial charge in [0.05, 0.1) is 13.7 Å². The van der Waals surface area contributed by atoms with Gasteiger partial charge in [-0.05, 0) is 69.0 Å². The number of amides is 1. The van der Waals surface area contributed by atoms with Crippen molar-refractivity contribution in [2.24, 2.45) is 5.92 Å². The molecule has 2 aliphatic rings. The number of methoxy groups -OCH3 is 1. The molecule has 0 radical (unpaired) electrons. The van der Waals surface area contributed by atoms with E-state index in [9.17, 15) is 4.79 Å². The number of benzene rings is 1. The fourth-order valence-electron chi connectivity index (χ4n) is 4.15. The molecule has 156 valence electrons. The van der Waals surface area contributed by atoms with E-state index in [1.165, 1.54) is 19.3 Å². The number of nitrogens with zero attached hydrogens (tertiary/aromatic N) is 1. The van der Waals surface area contributed by atoms with Gasteiger partial charge in [-0.3, -0.25) is 4.79 Å². The standard InChI is InChI=1S/C20H27Cl3N2O3/c1-27-16-9-7-14(8-10-16)18(26)24-19(20(21,22)23)28-13-15-5-4-12-25-11-3-2-6-17(15)25/h7-10,15,17,19H,2-6,11-13H2,1H3,(H,24,26)/t15-,17+,19-/m0/s1. The van der Waals surface area contributed by atoms with Crippen LogP contribution in [0.4, 0.5) is 0 Å². The van der Waals surface area contributed by atoms with Crippen molar-refractivity contribution in [3.05, 3.63) is 29.8 Å². The molecule has 5 nitrogen and oxygen atoms in total. The Kier molecular flexibility index (Phi) is 7.74. The van der Waals surface area contributed by atoms with Gasteiger partial charge in [0, 0.05) is 11.6 Å². The highest BCUT2D eigenvalue weighted by Crippen LogP contribution is 2.34. The van der Waals surface area contributed by atoms with Crippen LogP contribution in [0.15, 0.2) is 24.3 Å². The molecule has 8 heteroatoms. The normalized spacial score (nSPS) is 24.3. The van der Waals surface area contributed by atoms with E-state index in [-0.39, 0.29) is 5.91 Å². The van der Waals surface area contributed by atoms with E-state index in [0.29, 0.717) is 29.9 Å². The summed E-state index contributed by atoms with van der Waals surface area (Å²) >= 11 is 18.3. The molecular formula is C20H27Cl3N2O3. The van der Waals surface area contributed by atoms with E-state index in [1.807, 2.05) is 0 Å². The zero-order chi connectivity index (χ0) is 20.1. The Morgan fingerprint density at radius 3 is 2.57 bits per heavy atom. The molecule has 1 amide bonds. The summed E-state index contributed by atoms with van der Waals surface area (Å²) in [6, 6.07) is 7.25.